The van der Waals surface area contributed by atoms with E-state index in [9.17, 15) is 14.2 Å². The SMILES string of the molecule is CCCCOP(=O)(OCCCC)OCn1nc(C)c(-c2ccc(NC(=O)C(NC(=O)c3ccnn3C(C)C)C(C3CC3)C3CC3)cc2)c1C. The monoisotopic (exact) mass is 696 g/mol. The number of nitrogens with one attached hydrogen (secondary N) is 2. The van der Waals surface area contributed by atoms with Crippen molar-refractivity contribution in [3.63, 3.8) is 0 Å². The third-order valence-electron chi connectivity index (χ3n) is 9.33. The van der Waals surface area contributed by atoms with Crippen molar-refractivity contribution in [3.05, 3.63) is 53.6 Å². The van der Waals surface area contributed by atoms with Crippen molar-refractivity contribution < 1.29 is 27.7 Å². The van der Waals surface area contributed by atoms with Crippen LogP contribution in [0.4, 0.5) is 5.69 Å². The molecular formula is C36H53N6O6P. The number of rotatable bonds is 20. The van der Waals surface area contributed by atoms with Gasteiger partial charge in [-0.3, -0.25) is 27.8 Å². The molecule has 2 saturated carbocycles. The molecule has 0 saturated heterocycles. The highest BCUT2D eigenvalue weighted by molar-refractivity contribution is 7.48. The third-order valence-corrected chi connectivity index (χ3v) is 10.8. The lowest BCUT2D eigenvalue weighted by molar-refractivity contribution is -0.119. The van der Waals surface area contributed by atoms with E-state index in [1.165, 1.54) is 0 Å². The number of amides is 2. The lowest BCUT2D eigenvalue weighted by Gasteiger charge is -2.28. The number of benzene rings is 1. The van der Waals surface area contributed by atoms with Crippen molar-refractivity contribution in [2.24, 2.45) is 17.8 Å². The number of hydrogen-bond donors (Lipinski definition) is 2. The summed E-state index contributed by atoms with van der Waals surface area (Å²) >= 11 is 0. The van der Waals surface area contributed by atoms with Gasteiger partial charge in [-0.15, -0.1) is 0 Å². The van der Waals surface area contributed by atoms with Gasteiger partial charge < -0.3 is 10.6 Å². The fourth-order valence-corrected chi connectivity index (χ4v) is 7.59. The molecule has 1 atom stereocenters. The van der Waals surface area contributed by atoms with E-state index in [2.05, 4.69) is 20.8 Å². The average molecular weight is 697 g/mol. The molecule has 2 N–H and O–H groups in total. The topological polar surface area (TPSA) is 139 Å². The van der Waals surface area contributed by atoms with E-state index in [0.717, 1.165) is 73.9 Å². The molecule has 0 bridgehead atoms. The third kappa shape index (κ3) is 9.48. The highest BCUT2D eigenvalue weighted by atomic mass is 31.2. The van der Waals surface area contributed by atoms with Crippen LogP contribution in [-0.4, -0.2) is 50.6 Å². The van der Waals surface area contributed by atoms with Gasteiger partial charge in [0.05, 0.1) is 18.9 Å². The number of carbonyl (C=O) groups is 2. The minimum atomic E-state index is -3.74. The predicted octanol–water partition coefficient (Wildman–Crippen LogP) is 7.83. The summed E-state index contributed by atoms with van der Waals surface area (Å²) in [4.78, 5) is 27.4. The quantitative estimate of drug-likeness (QED) is 0.0901. The number of unbranched alkanes of at least 4 members (excludes halogenated alkanes) is 2. The number of anilines is 1. The smallest absolute Gasteiger partial charge is 0.339 e. The maximum Gasteiger partial charge on any atom is 0.476 e. The van der Waals surface area contributed by atoms with Crippen LogP contribution in [0.1, 0.15) is 107 Å². The van der Waals surface area contributed by atoms with Gasteiger partial charge in [0.2, 0.25) is 5.91 Å². The number of phosphoric acid groups is 1. The maximum absolute atomic E-state index is 13.9. The van der Waals surface area contributed by atoms with Crippen molar-refractivity contribution >= 4 is 25.3 Å². The molecule has 1 unspecified atom stereocenters. The Morgan fingerprint density at radius 1 is 0.939 bits per heavy atom. The van der Waals surface area contributed by atoms with Crippen LogP contribution in [0.15, 0.2) is 36.5 Å². The Kier molecular flexibility index (Phi) is 12.5. The molecular weight excluding hydrogens is 643 g/mol. The molecule has 13 heteroatoms. The molecule has 0 radical (unpaired) electrons. The summed E-state index contributed by atoms with van der Waals surface area (Å²) in [6.45, 7) is 12.4. The molecule has 2 aromatic heterocycles. The molecule has 5 rings (SSSR count). The molecule has 0 aliphatic heterocycles. The molecule has 49 heavy (non-hydrogen) atoms. The summed E-state index contributed by atoms with van der Waals surface area (Å²) in [5.41, 5.74) is 4.56. The second kappa shape index (κ2) is 16.6. The van der Waals surface area contributed by atoms with Crippen molar-refractivity contribution in [1.29, 1.82) is 0 Å². The molecule has 2 aliphatic rings. The van der Waals surface area contributed by atoms with Gasteiger partial charge >= 0.3 is 7.82 Å². The number of hydrogen-bond acceptors (Lipinski definition) is 8. The Hall–Kier alpha value is -3.31. The summed E-state index contributed by atoms with van der Waals surface area (Å²) in [7, 11) is -3.74. The Bertz CT molecular complexity index is 1580. The van der Waals surface area contributed by atoms with E-state index in [1.54, 1.807) is 21.6 Å². The van der Waals surface area contributed by atoms with Crippen molar-refractivity contribution in [2.45, 2.75) is 112 Å². The van der Waals surface area contributed by atoms with Gasteiger partial charge in [0, 0.05) is 29.2 Å². The summed E-state index contributed by atoms with van der Waals surface area (Å²) in [6.07, 6.45) is 9.30. The molecule has 2 heterocycles. The Morgan fingerprint density at radius 2 is 1.55 bits per heavy atom. The van der Waals surface area contributed by atoms with Crippen LogP contribution in [0.3, 0.4) is 0 Å². The van der Waals surface area contributed by atoms with Crippen molar-refractivity contribution in [3.8, 4) is 11.1 Å². The maximum atomic E-state index is 13.9. The first kappa shape index (κ1) is 37.0. The van der Waals surface area contributed by atoms with Crippen molar-refractivity contribution in [2.75, 3.05) is 18.5 Å². The first-order chi connectivity index (χ1) is 23.5. The van der Waals surface area contributed by atoms with Gasteiger partial charge in [0.25, 0.3) is 5.91 Å². The van der Waals surface area contributed by atoms with E-state index in [4.69, 9.17) is 13.6 Å². The predicted molar refractivity (Wildman–Crippen MR) is 189 cm³/mol. The fourth-order valence-electron chi connectivity index (χ4n) is 6.41. The van der Waals surface area contributed by atoms with Crippen LogP contribution in [0.2, 0.25) is 0 Å². The van der Waals surface area contributed by atoms with Crippen LogP contribution in [0, 0.1) is 31.6 Å². The lowest BCUT2D eigenvalue weighted by Crippen LogP contribution is -2.50. The van der Waals surface area contributed by atoms with Gasteiger partial charge in [-0.1, -0.05) is 38.8 Å². The zero-order chi connectivity index (χ0) is 35.1. The number of nitrogens with zero attached hydrogens (tertiary/aromatic N) is 4. The molecule has 12 nitrogen and oxygen atoms in total. The Balaban J connectivity index is 1.28. The van der Waals surface area contributed by atoms with Gasteiger partial charge in [0.1, 0.15) is 11.7 Å². The normalized spacial score (nSPS) is 15.6. The molecule has 0 spiro atoms. The summed E-state index contributed by atoms with van der Waals surface area (Å²) in [6, 6.07) is 8.70. The van der Waals surface area contributed by atoms with Crippen molar-refractivity contribution in [1.82, 2.24) is 24.9 Å². The first-order valence-corrected chi connectivity index (χ1v) is 19.3. The zero-order valence-corrected chi connectivity index (χ0v) is 30.7. The molecule has 2 fully saturated rings. The Morgan fingerprint density at radius 3 is 2.10 bits per heavy atom. The van der Waals surface area contributed by atoms with Crippen LogP contribution < -0.4 is 10.6 Å². The number of phosphoric ester groups is 1. The van der Waals surface area contributed by atoms with E-state index in [0.29, 0.717) is 36.4 Å². The van der Waals surface area contributed by atoms with Gasteiger partial charge in [-0.05, 0) is 108 Å². The molecule has 2 amide bonds. The molecule has 1 aromatic carbocycles. The average Bonchev–Trinajstić information content (AvgIpc) is 4.01. The minimum absolute atomic E-state index is 0.0203. The summed E-state index contributed by atoms with van der Waals surface area (Å²) in [5, 5.41) is 15.2. The fraction of sp³-hybridized carbons (Fsp3) is 0.611. The lowest BCUT2D eigenvalue weighted by atomic mass is 9.88. The minimum Gasteiger partial charge on any atom is -0.339 e. The van der Waals surface area contributed by atoms with E-state index in [-0.39, 0.29) is 30.5 Å². The second-order valence-electron chi connectivity index (χ2n) is 13.6. The second-order valence-corrected chi connectivity index (χ2v) is 15.3. The largest absolute Gasteiger partial charge is 0.476 e. The van der Waals surface area contributed by atoms with Gasteiger partial charge in [0.15, 0.2) is 6.73 Å². The molecule has 268 valence electrons. The summed E-state index contributed by atoms with van der Waals surface area (Å²) < 4.78 is 33.5. The zero-order valence-electron chi connectivity index (χ0n) is 29.8. The Labute approximate surface area is 290 Å². The molecule has 3 aromatic rings. The van der Waals surface area contributed by atoms with Crippen LogP contribution in [0.5, 0.6) is 0 Å². The highest BCUT2D eigenvalue weighted by Gasteiger charge is 2.48. The number of aryl methyl sites for hydroxylation is 1. The number of carbonyl (C=O) groups excluding carboxylic acids is 2. The van der Waals surface area contributed by atoms with Crippen LogP contribution >= 0.6 is 7.82 Å². The summed E-state index contributed by atoms with van der Waals surface area (Å²) in [5.74, 6) is 0.529. The van der Waals surface area contributed by atoms with Crippen LogP contribution in [0.25, 0.3) is 11.1 Å². The van der Waals surface area contributed by atoms with E-state index >= 15 is 0 Å². The van der Waals surface area contributed by atoms with Gasteiger partial charge in [-0.25, -0.2) is 9.25 Å². The van der Waals surface area contributed by atoms with Gasteiger partial charge in [-0.2, -0.15) is 10.2 Å². The number of aromatic nitrogens is 4. The highest BCUT2D eigenvalue weighted by Crippen LogP contribution is 2.51. The van der Waals surface area contributed by atoms with Crippen LogP contribution in [-0.2, 0) is 29.7 Å². The van der Waals surface area contributed by atoms with E-state index in [1.807, 2.05) is 65.8 Å². The first-order valence-electron chi connectivity index (χ1n) is 17.9. The molecule has 2 aliphatic carbocycles. The standard InChI is InChI=1S/C36H53N6O6P/c1-7-9-21-46-49(45,47-22-10-8-2)48-23-41-26(6)32(25(5)40-41)27-15-17-30(18-16-27)38-36(44)34(33(28-11-12-28)29-13-14-29)39-35(43)31-19-20-37-42(31)24(3)4/h15-20,24,28-29,33-34H,7-14,21-23H2,1-6H3,(H,38,44)(H,39,43). The van der Waals surface area contributed by atoms with E-state index < -0.39 is 13.9 Å².